The average Bonchev–Trinajstić information content (AvgIpc) is 4.04. The van der Waals surface area contributed by atoms with E-state index in [1.54, 1.807) is 0 Å². The highest BCUT2D eigenvalue weighted by molar-refractivity contribution is 5.95. The Hall–Kier alpha value is -5.68. The molecule has 6 N–H and O–H groups in total. The lowest BCUT2D eigenvalue weighted by Gasteiger charge is -2.36. The number of carboxylic acid groups (broad SMARTS) is 2. The molecule has 4 aliphatic heterocycles. The first kappa shape index (κ1) is 43.6. The van der Waals surface area contributed by atoms with E-state index in [9.17, 15) is 29.4 Å². The Kier molecular flexibility index (Phi) is 11.8. The van der Waals surface area contributed by atoms with E-state index in [4.69, 9.17) is 19.4 Å². The van der Waals surface area contributed by atoms with Gasteiger partial charge < -0.3 is 29.7 Å². The van der Waals surface area contributed by atoms with Crippen LogP contribution in [0.3, 0.4) is 0 Å². The van der Waals surface area contributed by atoms with Crippen LogP contribution in [0, 0.1) is 22.7 Å². The molecule has 4 amide bonds. The Morgan fingerprint density at radius 2 is 0.969 bits per heavy atom. The molecule has 0 radical (unpaired) electrons. The summed E-state index contributed by atoms with van der Waals surface area (Å²) in [5.41, 5.74) is 7.41. The molecule has 4 aliphatic rings. The Morgan fingerprint density at radius 1 is 0.609 bits per heavy atom. The van der Waals surface area contributed by atoms with Crippen molar-refractivity contribution < 1.29 is 38.9 Å². The molecule has 3 aromatic carbocycles. The predicted octanol–water partition coefficient (Wildman–Crippen LogP) is 7.50. The summed E-state index contributed by atoms with van der Waals surface area (Å²) in [5.74, 6) is 0.238. The first-order valence-corrected chi connectivity index (χ1v) is 22.6. The van der Waals surface area contributed by atoms with E-state index in [1.165, 1.54) is 0 Å². The van der Waals surface area contributed by atoms with Gasteiger partial charge in [0.25, 0.3) is 0 Å². The second kappa shape index (κ2) is 17.4. The molecular weight excluding hydrogens is 817 g/mol. The minimum absolute atomic E-state index is 0.0534. The van der Waals surface area contributed by atoms with Gasteiger partial charge in [-0.1, -0.05) is 64.1 Å². The van der Waals surface area contributed by atoms with E-state index in [2.05, 4.69) is 78.9 Å². The number of hydrogen-bond acceptors (Lipinski definition) is 10. The van der Waals surface area contributed by atoms with Crippen LogP contribution in [0.5, 0.6) is 0 Å². The highest BCUT2D eigenvalue weighted by Gasteiger charge is 2.52. The van der Waals surface area contributed by atoms with Crippen LogP contribution in [0.4, 0.5) is 9.59 Å². The molecule has 4 atom stereocenters. The molecule has 9 rings (SSSR count). The second-order valence-electron chi connectivity index (χ2n) is 19.3. The van der Waals surface area contributed by atoms with Crippen LogP contribution < -0.4 is 10.6 Å². The van der Waals surface area contributed by atoms with Crippen LogP contribution in [0.2, 0.25) is 0 Å². The monoisotopic (exact) mass is 874 g/mol. The van der Waals surface area contributed by atoms with Crippen LogP contribution >= 0.6 is 0 Å². The Balaban J connectivity index is 0.962. The van der Waals surface area contributed by atoms with Gasteiger partial charge in [-0.3, -0.25) is 30.0 Å². The number of aromatic nitrogens is 4. The van der Waals surface area contributed by atoms with Crippen molar-refractivity contribution in [1.29, 1.82) is 0 Å². The summed E-state index contributed by atoms with van der Waals surface area (Å²) >= 11 is 0. The van der Waals surface area contributed by atoms with Gasteiger partial charge in [-0.05, 0) is 108 Å². The number of H-pyrrole nitrogens is 2. The van der Waals surface area contributed by atoms with Crippen LogP contribution in [0.1, 0.15) is 90.0 Å². The average molecular weight is 875 g/mol. The molecule has 6 heterocycles. The van der Waals surface area contributed by atoms with Crippen molar-refractivity contribution >= 4 is 46.1 Å². The molecule has 338 valence electrons. The van der Waals surface area contributed by atoms with Gasteiger partial charge >= 0.3 is 12.2 Å². The Labute approximate surface area is 371 Å². The number of hydrogen-bond donors (Lipinski definition) is 6. The Morgan fingerprint density at radius 3 is 1.31 bits per heavy atom. The van der Waals surface area contributed by atoms with Crippen LogP contribution in [-0.2, 0) is 19.1 Å². The van der Waals surface area contributed by atoms with Crippen molar-refractivity contribution in [3.05, 3.63) is 72.3 Å². The largest absolute Gasteiger partial charge is 0.465 e. The number of aromatic amines is 2. The van der Waals surface area contributed by atoms with Crippen LogP contribution in [-0.4, -0.2) is 116 Å². The summed E-state index contributed by atoms with van der Waals surface area (Å²) in [6, 6.07) is 19.1. The van der Waals surface area contributed by atoms with Gasteiger partial charge in [-0.2, -0.15) is 0 Å². The minimum atomic E-state index is -1.36. The quantitative estimate of drug-likeness (QED) is 0.0805. The Bertz CT molecular complexity index is 2380. The van der Waals surface area contributed by atoms with E-state index < -0.39 is 36.1 Å². The van der Waals surface area contributed by atoms with Gasteiger partial charge in [-0.15, -0.1) is 0 Å². The molecule has 2 unspecified atom stereocenters. The number of fused-ring (bicyclic) bond motifs is 2. The number of amides is 4. The lowest BCUT2D eigenvalue weighted by atomic mass is 9.78. The molecule has 16 nitrogen and oxygen atoms in total. The number of imidazole rings is 2. The molecule has 4 fully saturated rings. The molecule has 2 aromatic heterocycles. The van der Waals surface area contributed by atoms with Crippen molar-refractivity contribution in [2.24, 2.45) is 22.7 Å². The fourth-order valence-electron chi connectivity index (χ4n) is 11.2. The number of carbonyl (C=O) groups excluding carboxylic acids is 2. The number of nitrogens with one attached hydrogen (secondary N) is 4. The standard InChI is InChI=1S/C48H58N8O8/c1-27(2)39(43(57)53-45(59)60)55-25-47(13-17-63-18-14-47)23-37(55)41-49-33-11-9-31(21-35(33)51-41)29-5-7-30(8-6-29)32-10-12-34-36(22-32)52-42(50-34)38-24-48(15-19-64-20-16-48)26-56(38)40(28(3)4)44(58)54-46(61)62/h5-12,21-22,27-28,37-40H,13-20,23-26H2,1-4H3,(H,49,51)(H,50,52)(H,53,57)(H,54,58)(H,59,60)(H,61,62)/t37-,38?,39-,40?/m0/s1. The number of carbonyl (C=O) groups is 4. The summed E-state index contributed by atoms with van der Waals surface area (Å²) < 4.78 is 11.5. The molecule has 5 aromatic rings. The van der Waals surface area contributed by atoms with E-state index in [1.807, 2.05) is 39.8 Å². The fraction of sp³-hybridized carbons (Fsp3) is 0.500. The number of rotatable bonds is 10. The van der Waals surface area contributed by atoms with E-state index in [-0.39, 0.29) is 34.7 Å². The van der Waals surface area contributed by atoms with Gasteiger partial charge in [0.05, 0.1) is 46.2 Å². The molecule has 2 spiro atoms. The lowest BCUT2D eigenvalue weighted by molar-refractivity contribution is -0.129. The topological polar surface area (TPSA) is 215 Å². The van der Waals surface area contributed by atoms with Crippen molar-refractivity contribution in [2.75, 3.05) is 39.5 Å². The van der Waals surface area contributed by atoms with Crippen LogP contribution in [0.25, 0.3) is 44.3 Å². The van der Waals surface area contributed by atoms with Crippen molar-refractivity contribution in [2.45, 2.75) is 90.4 Å². The number of ether oxygens (including phenoxy) is 2. The zero-order chi connectivity index (χ0) is 44.9. The normalized spacial score (nSPS) is 22.2. The summed E-state index contributed by atoms with van der Waals surface area (Å²) in [6.45, 7) is 11.8. The van der Waals surface area contributed by atoms with Gasteiger partial charge in [0, 0.05) is 39.5 Å². The van der Waals surface area contributed by atoms with Crippen molar-refractivity contribution in [1.82, 2.24) is 40.4 Å². The summed E-state index contributed by atoms with van der Waals surface area (Å²) in [5, 5.41) is 23.1. The van der Waals surface area contributed by atoms with E-state index >= 15 is 0 Å². The maximum Gasteiger partial charge on any atom is 0.411 e. The maximum absolute atomic E-state index is 13.3. The predicted molar refractivity (Wildman–Crippen MR) is 239 cm³/mol. The molecular formula is C48H58N8O8. The third-order valence-corrected chi connectivity index (χ3v) is 14.4. The summed E-state index contributed by atoms with van der Waals surface area (Å²) in [7, 11) is 0. The zero-order valence-corrected chi connectivity index (χ0v) is 36.9. The van der Waals surface area contributed by atoms with Gasteiger partial charge in [0.15, 0.2) is 0 Å². The van der Waals surface area contributed by atoms with Gasteiger partial charge in [0.1, 0.15) is 11.6 Å². The van der Waals surface area contributed by atoms with E-state index in [0.717, 1.165) is 94.5 Å². The third kappa shape index (κ3) is 8.51. The third-order valence-electron chi connectivity index (χ3n) is 14.4. The molecule has 0 bridgehead atoms. The van der Waals surface area contributed by atoms with Gasteiger partial charge in [-0.25, -0.2) is 19.6 Å². The van der Waals surface area contributed by atoms with Crippen molar-refractivity contribution in [3.63, 3.8) is 0 Å². The number of benzene rings is 3. The number of imide groups is 2. The highest BCUT2D eigenvalue weighted by Crippen LogP contribution is 2.51. The first-order chi connectivity index (χ1) is 30.7. The zero-order valence-electron chi connectivity index (χ0n) is 36.9. The highest BCUT2D eigenvalue weighted by atomic mass is 16.5. The molecule has 0 aliphatic carbocycles. The maximum atomic E-state index is 13.3. The SMILES string of the molecule is CC(C)C(C(=O)NC(=O)O)N1CC2(CCOCC2)CC1c1nc2ccc(-c3ccc(-c4ccc5nc([C@@H]6CC7(CCOCC7)CN6[C@H](C(=O)NC(=O)O)C(C)C)[nH]c5c4)cc3)cc2[nH]1. The summed E-state index contributed by atoms with van der Waals surface area (Å²) in [4.78, 5) is 71.4. The molecule has 16 heteroatoms. The molecule has 64 heavy (non-hydrogen) atoms. The van der Waals surface area contributed by atoms with Gasteiger partial charge in [0.2, 0.25) is 11.8 Å². The second-order valence-corrected chi connectivity index (χ2v) is 19.3. The van der Waals surface area contributed by atoms with Crippen molar-refractivity contribution in [3.8, 4) is 22.3 Å². The van der Waals surface area contributed by atoms with E-state index in [0.29, 0.717) is 39.5 Å². The number of likely N-dealkylation sites (tertiary alicyclic amines) is 2. The van der Waals surface area contributed by atoms with Crippen LogP contribution in [0.15, 0.2) is 60.7 Å². The summed E-state index contributed by atoms with van der Waals surface area (Å²) in [6.07, 6.45) is 2.36. The smallest absolute Gasteiger partial charge is 0.411 e. The lowest BCUT2D eigenvalue weighted by Crippen LogP contribution is -2.51. The fourth-order valence-corrected chi connectivity index (χ4v) is 11.2. The molecule has 0 saturated carbocycles. The number of nitrogens with zero attached hydrogens (tertiary/aromatic N) is 4. The first-order valence-electron chi connectivity index (χ1n) is 22.6. The molecule has 4 saturated heterocycles. The minimum Gasteiger partial charge on any atom is -0.465 e.